The van der Waals surface area contributed by atoms with Crippen molar-refractivity contribution in [2.75, 3.05) is 11.9 Å². The van der Waals surface area contributed by atoms with Gasteiger partial charge in [-0.15, -0.1) is 0 Å². The maximum Gasteiger partial charge on any atom is 0.292 e. The molecule has 0 heterocycles. The van der Waals surface area contributed by atoms with E-state index in [0.29, 0.717) is 11.6 Å². The Morgan fingerprint density at radius 3 is 2.50 bits per heavy atom. The summed E-state index contributed by atoms with van der Waals surface area (Å²) in [6.07, 6.45) is 6.37. The van der Waals surface area contributed by atoms with E-state index in [0.717, 1.165) is 18.0 Å². The highest BCUT2D eigenvalue weighted by Gasteiger charge is 2.21. The van der Waals surface area contributed by atoms with Crippen LogP contribution in [0, 0.1) is 28.9 Å². The number of hydrogen-bond acceptors (Lipinski definition) is 3. The number of rotatable bonds is 5. The zero-order valence-electron chi connectivity index (χ0n) is 12.4. The molecule has 4 heteroatoms. The van der Waals surface area contributed by atoms with Crippen LogP contribution in [0.4, 0.5) is 11.4 Å². The predicted octanol–water partition coefficient (Wildman–Crippen LogP) is 4.53. The Morgan fingerprint density at radius 2 is 1.90 bits per heavy atom. The number of nitro benzene ring substituents is 1. The van der Waals surface area contributed by atoms with Crippen LogP contribution in [0.5, 0.6) is 0 Å². The molecule has 0 amide bonds. The number of nitrogens with one attached hydrogen (secondary N) is 1. The first kappa shape index (κ1) is 14.8. The molecule has 2 rings (SSSR count). The Bertz CT molecular complexity index is 466. The monoisotopic (exact) mass is 276 g/mol. The number of nitro groups is 1. The molecule has 1 saturated carbocycles. The minimum atomic E-state index is -0.302. The highest BCUT2D eigenvalue weighted by Crippen LogP contribution is 2.32. The molecule has 1 aromatic carbocycles. The molecular formula is C16H24N2O2. The van der Waals surface area contributed by atoms with Gasteiger partial charge in [0.2, 0.25) is 0 Å². The van der Waals surface area contributed by atoms with Crippen molar-refractivity contribution in [3.63, 3.8) is 0 Å². The fraction of sp³-hybridized carbons (Fsp3) is 0.625. The Hall–Kier alpha value is -1.58. The van der Waals surface area contributed by atoms with Crippen LogP contribution in [0.15, 0.2) is 18.2 Å². The molecule has 4 nitrogen and oxygen atoms in total. The van der Waals surface area contributed by atoms with E-state index < -0.39 is 0 Å². The molecule has 1 fully saturated rings. The van der Waals surface area contributed by atoms with Crippen LogP contribution in [-0.4, -0.2) is 11.5 Å². The van der Waals surface area contributed by atoms with Crippen molar-refractivity contribution in [1.29, 1.82) is 0 Å². The molecule has 1 aliphatic rings. The highest BCUT2D eigenvalue weighted by atomic mass is 16.6. The van der Waals surface area contributed by atoms with Gasteiger partial charge >= 0.3 is 0 Å². The number of para-hydroxylation sites is 1. The Morgan fingerprint density at radius 1 is 1.25 bits per heavy atom. The van der Waals surface area contributed by atoms with E-state index in [1.807, 2.05) is 13.0 Å². The molecule has 0 bridgehead atoms. The van der Waals surface area contributed by atoms with Gasteiger partial charge in [-0.1, -0.05) is 38.3 Å². The summed E-state index contributed by atoms with van der Waals surface area (Å²) >= 11 is 0. The van der Waals surface area contributed by atoms with Gasteiger partial charge in [-0.2, -0.15) is 0 Å². The van der Waals surface area contributed by atoms with E-state index in [1.54, 1.807) is 12.1 Å². The molecule has 0 saturated heterocycles. The van der Waals surface area contributed by atoms with E-state index >= 15 is 0 Å². The number of benzene rings is 1. The molecule has 1 aromatic rings. The van der Waals surface area contributed by atoms with E-state index in [-0.39, 0.29) is 10.6 Å². The molecule has 0 aliphatic heterocycles. The zero-order chi connectivity index (χ0) is 14.5. The smallest absolute Gasteiger partial charge is 0.292 e. The lowest BCUT2D eigenvalue weighted by Gasteiger charge is -2.28. The quantitative estimate of drug-likeness (QED) is 0.635. The molecular weight excluding hydrogens is 252 g/mol. The summed E-state index contributed by atoms with van der Waals surface area (Å²) in [5.74, 6) is 1.54. The molecule has 0 aromatic heterocycles. The summed E-state index contributed by atoms with van der Waals surface area (Å²) in [6.45, 7) is 5.03. The van der Waals surface area contributed by atoms with Crippen LogP contribution in [0.1, 0.15) is 44.6 Å². The van der Waals surface area contributed by atoms with Crippen molar-refractivity contribution in [3.8, 4) is 0 Å². The summed E-state index contributed by atoms with van der Waals surface area (Å²) in [6, 6.07) is 5.23. The molecule has 0 atom stereocenters. The van der Waals surface area contributed by atoms with Gasteiger partial charge in [0, 0.05) is 12.6 Å². The molecule has 0 spiro atoms. The molecule has 1 N–H and O–H groups in total. The van der Waals surface area contributed by atoms with Crippen LogP contribution in [0.2, 0.25) is 0 Å². The van der Waals surface area contributed by atoms with Gasteiger partial charge < -0.3 is 5.32 Å². The standard InChI is InChI=1S/C16H24N2O2/c1-3-13-7-9-14(10-8-13)11-17-16-12(2)5-4-6-15(16)18(19)20/h4-6,13-14,17H,3,7-11H2,1-2H3. The van der Waals surface area contributed by atoms with Crippen molar-refractivity contribution in [2.24, 2.45) is 11.8 Å². The fourth-order valence-electron chi connectivity index (χ4n) is 3.12. The van der Waals surface area contributed by atoms with Crippen LogP contribution in [-0.2, 0) is 0 Å². The molecule has 0 unspecified atom stereocenters. The first-order valence-corrected chi connectivity index (χ1v) is 7.59. The third-order valence-electron chi connectivity index (χ3n) is 4.56. The lowest BCUT2D eigenvalue weighted by Crippen LogP contribution is -2.21. The average Bonchev–Trinajstić information content (AvgIpc) is 2.46. The van der Waals surface area contributed by atoms with E-state index in [1.165, 1.54) is 32.1 Å². The third kappa shape index (κ3) is 3.50. The second-order valence-corrected chi connectivity index (χ2v) is 5.90. The molecule has 1 aliphatic carbocycles. The largest absolute Gasteiger partial charge is 0.379 e. The average molecular weight is 276 g/mol. The van der Waals surface area contributed by atoms with Crippen LogP contribution < -0.4 is 5.32 Å². The summed E-state index contributed by atoms with van der Waals surface area (Å²) in [4.78, 5) is 10.8. The number of hydrogen-bond donors (Lipinski definition) is 1. The van der Waals surface area contributed by atoms with Gasteiger partial charge in [0.1, 0.15) is 5.69 Å². The summed E-state index contributed by atoms with van der Waals surface area (Å²) in [5.41, 5.74) is 1.82. The van der Waals surface area contributed by atoms with Crippen molar-refractivity contribution in [2.45, 2.75) is 46.0 Å². The van der Waals surface area contributed by atoms with Gasteiger partial charge in [-0.3, -0.25) is 10.1 Å². The van der Waals surface area contributed by atoms with Gasteiger partial charge in [0.15, 0.2) is 0 Å². The first-order chi connectivity index (χ1) is 9.61. The second-order valence-electron chi connectivity index (χ2n) is 5.90. The van der Waals surface area contributed by atoms with E-state index in [2.05, 4.69) is 12.2 Å². The topological polar surface area (TPSA) is 55.2 Å². The van der Waals surface area contributed by atoms with Crippen molar-refractivity contribution in [1.82, 2.24) is 0 Å². The number of aryl methyl sites for hydroxylation is 1. The maximum absolute atomic E-state index is 11.1. The second kappa shape index (κ2) is 6.73. The normalized spacial score (nSPS) is 22.5. The van der Waals surface area contributed by atoms with Gasteiger partial charge in [0.25, 0.3) is 5.69 Å². The third-order valence-corrected chi connectivity index (χ3v) is 4.56. The van der Waals surface area contributed by atoms with Crippen LogP contribution >= 0.6 is 0 Å². The lowest BCUT2D eigenvalue weighted by atomic mass is 9.81. The Labute approximate surface area is 120 Å². The number of anilines is 1. The molecule has 110 valence electrons. The van der Waals surface area contributed by atoms with Crippen molar-refractivity contribution < 1.29 is 4.92 Å². The Kier molecular flexibility index (Phi) is 4.99. The minimum Gasteiger partial charge on any atom is -0.379 e. The number of nitrogens with zero attached hydrogens (tertiary/aromatic N) is 1. The molecule has 20 heavy (non-hydrogen) atoms. The summed E-state index contributed by atoms with van der Waals surface area (Å²) in [5, 5.41) is 14.4. The maximum atomic E-state index is 11.1. The summed E-state index contributed by atoms with van der Waals surface area (Å²) in [7, 11) is 0. The van der Waals surface area contributed by atoms with Crippen LogP contribution in [0.25, 0.3) is 0 Å². The highest BCUT2D eigenvalue weighted by molar-refractivity contribution is 5.65. The van der Waals surface area contributed by atoms with Crippen LogP contribution in [0.3, 0.4) is 0 Å². The van der Waals surface area contributed by atoms with E-state index in [9.17, 15) is 10.1 Å². The zero-order valence-corrected chi connectivity index (χ0v) is 12.4. The van der Waals surface area contributed by atoms with Crippen molar-refractivity contribution >= 4 is 11.4 Å². The van der Waals surface area contributed by atoms with E-state index in [4.69, 9.17) is 0 Å². The van der Waals surface area contributed by atoms with Crippen molar-refractivity contribution in [3.05, 3.63) is 33.9 Å². The first-order valence-electron chi connectivity index (χ1n) is 7.59. The van der Waals surface area contributed by atoms with Gasteiger partial charge in [-0.25, -0.2) is 0 Å². The SMILES string of the molecule is CCC1CCC(CNc2c(C)cccc2[N+](=O)[O-])CC1. The predicted molar refractivity (Wildman–Crippen MR) is 82.1 cm³/mol. The molecule has 0 radical (unpaired) electrons. The van der Waals surface area contributed by atoms with Gasteiger partial charge in [0.05, 0.1) is 4.92 Å². The lowest BCUT2D eigenvalue weighted by molar-refractivity contribution is -0.384. The summed E-state index contributed by atoms with van der Waals surface area (Å²) < 4.78 is 0. The minimum absolute atomic E-state index is 0.187. The fourth-order valence-corrected chi connectivity index (χ4v) is 3.12. The van der Waals surface area contributed by atoms with Gasteiger partial charge in [-0.05, 0) is 37.2 Å². The Balaban J connectivity index is 1.96.